The molecule has 23 heavy (non-hydrogen) atoms. The third-order valence-corrected chi connectivity index (χ3v) is 3.28. The Balaban J connectivity index is 1.82. The van der Waals surface area contributed by atoms with Crippen LogP contribution in [0.1, 0.15) is 27.9 Å². The highest BCUT2D eigenvalue weighted by atomic mass is 19.1. The number of hydrogen-bond acceptors (Lipinski definition) is 4. The number of rotatable bonds is 6. The van der Waals surface area contributed by atoms with Crippen molar-refractivity contribution in [2.24, 2.45) is 0 Å². The van der Waals surface area contributed by atoms with E-state index in [4.69, 9.17) is 4.74 Å². The van der Waals surface area contributed by atoms with Gasteiger partial charge in [-0.3, -0.25) is 4.79 Å². The highest BCUT2D eigenvalue weighted by Gasteiger charge is 2.08. The zero-order valence-corrected chi connectivity index (χ0v) is 12.8. The van der Waals surface area contributed by atoms with Gasteiger partial charge in [0.1, 0.15) is 12.4 Å². The molecule has 0 heterocycles. The molecule has 0 bridgehead atoms. The highest BCUT2D eigenvalue weighted by Crippen LogP contribution is 2.10. The SMILES string of the molecule is COC(=O)c1cccc(COC(=O)CCc2ccc(F)cc2)c1. The fourth-order valence-corrected chi connectivity index (χ4v) is 2.04. The van der Waals surface area contributed by atoms with E-state index in [-0.39, 0.29) is 24.8 Å². The zero-order valence-electron chi connectivity index (χ0n) is 12.8. The van der Waals surface area contributed by atoms with Gasteiger partial charge in [-0.2, -0.15) is 0 Å². The van der Waals surface area contributed by atoms with Crippen molar-refractivity contribution in [1.82, 2.24) is 0 Å². The first-order chi connectivity index (χ1) is 11.1. The molecule has 0 aromatic heterocycles. The first-order valence-electron chi connectivity index (χ1n) is 7.16. The van der Waals surface area contributed by atoms with Crippen LogP contribution in [0.25, 0.3) is 0 Å². The first kappa shape index (κ1) is 16.7. The summed E-state index contributed by atoms with van der Waals surface area (Å²) in [7, 11) is 1.31. The molecule has 0 N–H and O–H groups in total. The molecule has 0 aliphatic heterocycles. The van der Waals surface area contributed by atoms with Crippen LogP contribution >= 0.6 is 0 Å². The van der Waals surface area contributed by atoms with E-state index in [2.05, 4.69) is 4.74 Å². The second kappa shape index (κ2) is 8.08. The molecule has 0 spiro atoms. The minimum Gasteiger partial charge on any atom is -0.465 e. The van der Waals surface area contributed by atoms with Crippen LogP contribution in [0, 0.1) is 5.82 Å². The lowest BCUT2D eigenvalue weighted by atomic mass is 10.1. The summed E-state index contributed by atoms with van der Waals surface area (Å²) in [5, 5.41) is 0. The fraction of sp³-hybridized carbons (Fsp3) is 0.222. The molecule has 5 heteroatoms. The number of carbonyl (C=O) groups is 2. The van der Waals surface area contributed by atoms with E-state index in [9.17, 15) is 14.0 Å². The van der Waals surface area contributed by atoms with Gasteiger partial charge in [-0.15, -0.1) is 0 Å². The van der Waals surface area contributed by atoms with Crippen LogP contribution in [0.3, 0.4) is 0 Å². The molecular formula is C18H17FO4. The lowest BCUT2D eigenvalue weighted by molar-refractivity contribution is -0.144. The summed E-state index contributed by atoms with van der Waals surface area (Å²) < 4.78 is 22.6. The summed E-state index contributed by atoms with van der Waals surface area (Å²) >= 11 is 0. The van der Waals surface area contributed by atoms with Crippen LogP contribution in [0.15, 0.2) is 48.5 Å². The maximum atomic E-state index is 12.8. The third-order valence-electron chi connectivity index (χ3n) is 3.28. The van der Waals surface area contributed by atoms with Crippen LogP contribution < -0.4 is 0 Å². The normalized spacial score (nSPS) is 10.2. The van der Waals surface area contributed by atoms with Gasteiger partial charge < -0.3 is 9.47 Å². The van der Waals surface area contributed by atoms with Gasteiger partial charge in [-0.1, -0.05) is 24.3 Å². The van der Waals surface area contributed by atoms with Crippen molar-refractivity contribution in [2.75, 3.05) is 7.11 Å². The smallest absolute Gasteiger partial charge is 0.337 e. The Kier molecular flexibility index (Phi) is 5.86. The van der Waals surface area contributed by atoms with Gasteiger partial charge >= 0.3 is 11.9 Å². The van der Waals surface area contributed by atoms with Gasteiger partial charge in [-0.25, -0.2) is 9.18 Å². The summed E-state index contributed by atoms with van der Waals surface area (Å²) in [6.07, 6.45) is 0.698. The number of methoxy groups -OCH3 is 1. The number of ether oxygens (including phenoxy) is 2. The Hall–Kier alpha value is -2.69. The molecule has 0 saturated heterocycles. The van der Waals surface area contributed by atoms with E-state index in [1.54, 1.807) is 36.4 Å². The second-order valence-corrected chi connectivity index (χ2v) is 4.98. The molecule has 0 radical (unpaired) electrons. The van der Waals surface area contributed by atoms with Crippen molar-refractivity contribution in [3.8, 4) is 0 Å². The Morgan fingerprint density at radius 1 is 1.04 bits per heavy atom. The highest BCUT2D eigenvalue weighted by molar-refractivity contribution is 5.89. The molecule has 0 aliphatic rings. The van der Waals surface area contributed by atoms with Crippen molar-refractivity contribution in [3.63, 3.8) is 0 Å². The number of esters is 2. The molecule has 0 unspecified atom stereocenters. The fourth-order valence-electron chi connectivity index (χ4n) is 2.04. The molecule has 2 aromatic rings. The number of benzene rings is 2. The van der Waals surface area contributed by atoms with E-state index in [1.165, 1.54) is 19.2 Å². The minimum atomic E-state index is -0.436. The van der Waals surface area contributed by atoms with Gasteiger partial charge in [0.25, 0.3) is 0 Å². The average Bonchev–Trinajstić information content (AvgIpc) is 2.59. The molecule has 0 aliphatic carbocycles. The minimum absolute atomic E-state index is 0.0904. The van der Waals surface area contributed by atoms with Crippen molar-refractivity contribution in [1.29, 1.82) is 0 Å². The lowest BCUT2D eigenvalue weighted by Gasteiger charge is -2.06. The summed E-state index contributed by atoms with van der Waals surface area (Å²) in [4.78, 5) is 23.2. The molecule has 4 nitrogen and oxygen atoms in total. The Morgan fingerprint density at radius 2 is 1.78 bits per heavy atom. The predicted molar refractivity (Wildman–Crippen MR) is 82.3 cm³/mol. The largest absolute Gasteiger partial charge is 0.465 e. The van der Waals surface area contributed by atoms with E-state index in [1.807, 2.05) is 0 Å². The third kappa shape index (κ3) is 5.21. The molecule has 2 aromatic carbocycles. The molecule has 0 fully saturated rings. The maximum absolute atomic E-state index is 12.8. The van der Waals surface area contributed by atoms with Gasteiger partial charge in [0.2, 0.25) is 0 Å². The summed E-state index contributed by atoms with van der Waals surface area (Å²) in [6, 6.07) is 12.7. The summed E-state index contributed by atoms with van der Waals surface area (Å²) in [5.74, 6) is -1.09. The van der Waals surface area contributed by atoms with Gasteiger partial charge in [0.05, 0.1) is 12.7 Å². The van der Waals surface area contributed by atoms with Crippen LogP contribution in [0.5, 0.6) is 0 Å². The Bertz CT molecular complexity index is 680. The van der Waals surface area contributed by atoms with E-state index < -0.39 is 5.97 Å². The van der Waals surface area contributed by atoms with Crippen molar-refractivity contribution >= 4 is 11.9 Å². The molecule has 0 amide bonds. The molecule has 0 saturated carbocycles. The van der Waals surface area contributed by atoms with Gasteiger partial charge in [-0.05, 0) is 41.8 Å². The van der Waals surface area contributed by atoms with E-state index in [0.717, 1.165) is 5.56 Å². The van der Waals surface area contributed by atoms with Gasteiger partial charge in [0.15, 0.2) is 0 Å². The Labute approximate surface area is 133 Å². The van der Waals surface area contributed by atoms with Crippen LogP contribution in [0.4, 0.5) is 4.39 Å². The summed E-state index contributed by atoms with van der Waals surface area (Å²) in [5.41, 5.74) is 1.99. The molecule has 120 valence electrons. The van der Waals surface area contributed by atoms with Crippen molar-refractivity contribution in [3.05, 3.63) is 71.0 Å². The van der Waals surface area contributed by atoms with Gasteiger partial charge in [0, 0.05) is 6.42 Å². The van der Waals surface area contributed by atoms with Crippen LogP contribution in [-0.2, 0) is 27.3 Å². The number of hydrogen-bond donors (Lipinski definition) is 0. The molecular weight excluding hydrogens is 299 g/mol. The number of carbonyl (C=O) groups excluding carboxylic acids is 2. The van der Waals surface area contributed by atoms with E-state index in [0.29, 0.717) is 17.5 Å². The monoisotopic (exact) mass is 316 g/mol. The maximum Gasteiger partial charge on any atom is 0.337 e. The average molecular weight is 316 g/mol. The first-order valence-corrected chi connectivity index (χ1v) is 7.16. The lowest BCUT2D eigenvalue weighted by Crippen LogP contribution is -2.07. The van der Waals surface area contributed by atoms with Crippen LogP contribution in [-0.4, -0.2) is 19.0 Å². The number of aryl methyl sites for hydroxylation is 1. The standard InChI is InChI=1S/C18H17FO4/c1-22-18(21)15-4-2-3-14(11-15)12-23-17(20)10-7-13-5-8-16(19)9-6-13/h2-6,8-9,11H,7,10,12H2,1H3. The van der Waals surface area contributed by atoms with Crippen molar-refractivity contribution in [2.45, 2.75) is 19.4 Å². The quantitative estimate of drug-likeness (QED) is 0.767. The molecule has 2 rings (SSSR count). The predicted octanol–water partition coefficient (Wildman–Crippen LogP) is 3.29. The van der Waals surface area contributed by atoms with E-state index >= 15 is 0 Å². The molecule has 0 atom stereocenters. The second-order valence-electron chi connectivity index (χ2n) is 4.98. The number of halogens is 1. The summed E-state index contributed by atoms with van der Waals surface area (Å²) in [6.45, 7) is 0.0904. The zero-order chi connectivity index (χ0) is 16.7. The van der Waals surface area contributed by atoms with Crippen LogP contribution in [0.2, 0.25) is 0 Å². The van der Waals surface area contributed by atoms with Crippen molar-refractivity contribution < 1.29 is 23.5 Å². The Morgan fingerprint density at radius 3 is 2.48 bits per heavy atom. The topological polar surface area (TPSA) is 52.6 Å².